The normalized spacial score (nSPS) is 21.2. The van der Waals surface area contributed by atoms with Gasteiger partial charge in [0.25, 0.3) is 5.91 Å². The molecule has 0 fully saturated rings. The molecule has 0 unspecified atom stereocenters. The van der Waals surface area contributed by atoms with Crippen LogP contribution in [0.2, 0.25) is 0 Å². The van der Waals surface area contributed by atoms with Gasteiger partial charge in [0.2, 0.25) is 0 Å². The monoisotopic (exact) mass is 290 g/mol. The van der Waals surface area contributed by atoms with Crippen molar-refractivity contribution in [3.05, 3.63) is 41.8 Å². The van der Waals surface area contributed by atoms with Crippen LogP contribution in [0.15, 0.2) is 40.5 Å². The van der Waals surface area contributed by atoms with Gasteiger partial charge in [0.1, 0.15) is 0 Å². The molecule has 0 aliphatic heterocycles. The number of rotatable bonds is 4. The number of nitrogens with one attached hydrogen (secondary N) is 1. The quantitative estimate of drug-likeness (QED) is 0.845. The lowest BCUT2D eigenvalue weighted by Crippen LogP contribution is -2.33. The first-order valence-corrected chi connectivity index (χ1v) is 7.23. The molecule has 104 valence electrons. The Labute approximate surface area is 120 Å². The van der Waals surface area contributed by atoms with Crippen molar-refractivity contribution < 1.29 is 14.3 Å². The number of aliphatic hydroxyl groups excluding tert-OH is 1. The van der Waals surface area contributed by atoms with Crippen molar-refractivity contribution in [1.82, 2.24) is 10.3 Å². The zero-order valence-corrected chi connectivity index (χ0v) is 11.5. The molecule has 1 aliphatic carbocycles. The molecule has 1 aliphatic rings. The number of carbonyl (C=O) groups is 1. The molecule has 1 amide bonds. The van der Waals surface area contributed by atoms with E-state index in [1.54, 1.807) is 0 Å². The van der Waals surface area contributed by atoms with E-state index in [0.717, 1.165) is 4.88 Å². The third-order valence-corrected chi connectivity index (χ3v) is 4.12. The first-order valence-electron chi connectivity index (χ1n) is 6.35. The number of nitrogens with zero attached hydrogens (tertiary/aromatic N) is 1. The van der Waals surface area contributed by atoms with Crippen molar-refractivity contribution in [2.45, 2.75) is 12.5 Å². The van der Waals surface area contributed by atoms with Crippen LogP contribution in [0.5, 0.6) is 0 Å². The van der Waals surface area contributed by atoms with Crippen LogP contribution in [0.1, 0.15) is 16.9 Å². The van der Waals surface area contributed by atoms with E-state index in [9.17, 15) is 4.79 Å². The summed E-state index contributed by atoms with van der Waals surface area (Å²) in [6.07, 6.45) is 5.83. The first kappa shape index (κ1) is 13.1. The number of carbonyl (C=O) groups excluding carboxylic acids is 1. The van der Waals surface area contributed by atoms with Crippen LogP contribution >= 0.6 is 11.3 Å². The fourth-order valence-electron chi connectivity index (χ4n) is 2.24. The molecule has 0 saturated carbocycles. The predicted octanol–water partition coefficient (Wildman–Crippen LogP) is 2.07. The Bertz CT molecular complexity index is 618. The van der Waals surface area contributed by atoms with Crippen molar-refractivity contribution in [3.63, 3.8) is 0 Å². The van der Waals surface area contributed by atoms with Crippen LogP contribution in [0.25, 0.3) is 10.6 Å². The third kappa shape index (κ3) is 2.52. The second-order valence-corrected chi connectivity index (χ2v) is 5.60. The molecule has 6 heteroatoms. The number of oxazole rings is 1. The van der Waals surface area contributed by atoms with Crippen molar-refractivity contribution in [2.75, 3.05) is 6.61 Å². The molecule has 2 N–H and O–H groups in total. The van der Waals surface area contributed by atoms with Crippen LogP contribution in [0.3, 0.4) is 0 Å². The molecule has 2 atom stereocenters. The lowest BCUT2D eigenvalue weighted by atomic mass is 10.1. The minimum Gasteiger partial charge on any atom is -0.442 e. The van der Waals surface area contributed by atoms with Gasteiger partial charge in [0.15, 0.2) is 17.8 Å². The number of thiophene rings is 1. The number of amides is 1. The fourth-order valence-corrected chi connectivity index (χ4v) is 2.96. The van der Waals surface area contributed by atoms with Crippen molar-refractivity contribution in [1.29, 1.82) is 0 Å². The molecule has 20 heavy (non-hydrogen) atoms. The maximum atomic E-state index is 12.2. The molecular formula is C14H14N2O3S. The molecule has 5 nitrogen and oxygen atoms in total. The summed E-state index contributed by atoms with van der Waals surface area (Å²) in [5.41, 5.74) is 0.299. The van der Waals surface area contributed by atoms with E-state index in [2.05, 4.69) is 10.3 Å². The molecule has 0 radical (unpaired) electrons. The van der Waals surface area contributed by atoms with Gasteiger partial charge in [-0.05, 0) is 17.9 Å². The van der Waals surface area contributed by atoms with Gasteiger partial charge in [-0.15, -0.1) is 11.3 Å². The summed E-state index contributed by atoms with van der Waals surface area (Å²) in [5.74, 6) is 0.364. The van der Waals surface area contributed by atoms with E-state index in [1.807, 2.05) is 29.7 Å². The maximum Gasteiger partial charge on any atom is 0.274 e. The zero-order chi connectivity index (χ0) is 13.9. The summed E-state index contributed by atoms with van der Waals surface area (Å²) in [6, 6.07) is 3.72. The fraction of sp³-hybridized carbons (Fsp3) is 0.286. The minimum atomic E-state index is -0.254. The topological polar surface area (TPSA) is 75.4 Å². The number of aliphatic hydroxyl groups is 1. The highest BCUT2D eigenvalue weighted by molar-refractivity contribution is 7.13. The second-order valence-electron chi connectivity index (χ2n) is 4.65. The number of hydrogen-bond donors (Lipinski definition) is 2. The van der Waals surface area contributed by atoms with Gasteiger partial charge in [0, 0.05) is 18.6 Å². The smallest absolute Gasteiger partial charge is 0.274 e. The average Bonchev–Trinajstić information content (AvgIpc) is 3.19. The van der Waals surface area contributed by atoms with Crippen LogP contribution in [-0.4, -0.2) is 28.6 Å². The van der Waals surface area contributed by atoms with E-state index < -0.39 is 0 Å². The Morgan fingerprint density at radius 1 is 1.55 bits per heavy atom. The van der Waals surface area contributed by atoms with Crippen LogP contribution in [0, 0.1) is 5.92 Å². The molecule has 0 bridgehead atoms. The van der Waals surface area contributed by atoms with E-state index >= 15 is 0 Å². The predicted molar refractivity (Wildman–Crippen MR) is 75.4 cm³/mol. The van der Waals surface area contributed by atoms with E-state index in [4.69, 9.17) is 9.52 Å². The van der Waals surface area contributed by atoms with Gasteiger partial charge < -0.3 is 14.8 Å². The number of hydrogen-bond acceptors (Lipinski definition) is 5. The third-order valence-electron chi connectivity index (χ3n) is 3.25. The summed E-state index contributed by atoms with van der Waals surface area (Å²) in [6.45, 7) is 0.104. The Kier molecular flexibility index (Phi) is 3.66. The number of aromatic nitrogens is 1. The Hall–Kier alpha value is -1.92. The van der Waals surface area contributed by atoms with Crippen molar-refractivity contribution in [3.8, 4) is 10.6 Å². The van der Waals surface area contributed by atoms with Crippen molar-refractivity contribution in [2.24, 2.45) is 5.92 Å². The highest BCUT2D eigenvalue weighted by Crippen LogP contribution is 2.27. The maximum absolute atomic E-state index is 12.2. The van der Waals surface area contributed by atoms with Gasteiger partial charge in [0.05, 0.1) is 4.88 Å². The molecule has 3 rings (SSSR count). The van der Waals surface area contributed by atoms with Crippen molar-refractivity contribution >= 4 is 17.2 Å². The molecule has 2 aromatic rings. The summed E-state index contributed by atoms with van der Waals surface area (Å²) in [5, 5.41) is 13.9. The molecule has 2 heterocycles. The summed E-state index contributed by atoms with van der Waals surface area (Å²) in [7, 11) is 0. The largest absolute Gasteiger partial charge is 0.442 e. The molecule has 0 aromatic carbocycles. The second kappa shape index (κ2) is 5.60. The highest BCUT2D eigenvalue weighted by Gasteiger charge is 2.24. The zero-order valence-electron chi connectivity index (χ0n) is 10.7. The molecule has 2 aromatic heterocycles. The average molecular weight is 290 g/mol. The van der Waals surface area contributed by atoms with E-state index in [1.165, 1.54) is 17.7 Å². The van der Waals surface area contributed by atoms with Gasteiger partial charge in [-0.3, -0.25) is 4.79 Å². The lowest BCUT2D eigenvalue weighted by Gasteiger charge is -2.11. The highest BCUT2D eigenvalue weighted by atomic mass is 32.1. The van der Waals surface area contributed by atoms with Gasteiger partial charge in [-0.2, -0.15) is 0 Å². The lowest BCUT2D eigenvalue weighted by molar-refractivity contribution is 0.0937. The first-order chi connectivity index (χ1) is 9.78. The van der Waals surface area contributed by atoms with E-state index in [-0.39, 0.29) is 24.5 Å². The van der Waals surface area contributed by atoms with Gasteiger partial charge in [-0.1, -0.05) is 18.2 Å². The summed E-state index contributed by atoms with van der Waals surface area (Å²) < 4.78 is 5.32. The molecule has 0 saturated heterocycles. The summed E-state index contributed by atoms with van der Waals surface area (Å²) >= 11 is 1.50. The van der Waals surface area contributed by atoms with E-state index in [0.29, 0.717) is 17.9 Å². The SMILES string of the molecule is O=C(N[C@@H]1C=C[C@H](CO)C1)c1ncoc1-c1cccs1. The van der Waals surface area contributed by atoms with Gasteiger partial charge >= 0.3 is 0 Å². The Morgan fingerprint density at radius 3 is 3.15 bits per heavy atom. The molecular weight excluding hydrogens is 276 g/mol. The van der Waals surface area contributed by atoms with Crippen LogP contribution < -0.4 is 5.32 Å². The standard InChI is InChI=1S/C14H14N2O3S/c17-7-9-3-4-10(6-9)16-14(18)12-13(19-8-15-12)11-2-1-5-20-11/h1-5,8-10,17H,6-7H2,(H,16,18)/t9-,10+/m0/s1. The molecule has 0 spiro atoms. The summed E-state index contributed by atoms with van der Waals surface area (Å²) in [4.78, 5) is 17.1. The Balaban J connectivity index is 1.73. The van der Waals surface area contributed by atoms with Crippen LogP contribution in [0.4, 0.5) is 0 Å². The van der Waals surface area contributed by atoms with Crippen LogP contribution in [-0.2, 0) is 0 Å². The minimum absolute atomic E-state index is 0.0625. The Morgan fingerprint density at radius 2 is 2.45 bits per heavy atom. The van der Waals surface area contributed by atoms with Gasteiger partial charge in [-0.25, -0.2) is 4.98 Å².